The van der Waals surface area contributed by atoms with Crippen LogP contribution in [0.15, 0.2) is 12.1 Å². The third-order valence-corrected chi connectivity index (χ3v) is 4.53. The summed E-state index contributed by atoms with van der Waals surface area (Å²) < 4.78 is 0. The Bertz CT molecular complexity index is 446. The number of likely N-dealkylation sites (tertiary alicyclic amines) is 1. The molecule has 1 aliphatic heterocycles. The molecule has 4 heteroatoms. The highest BCUT2D eigenvalue weighted by Gasteiger charge is 2.24. The fourth-order valence-electron chi connectivity index (χ4n) is 3.16. The monoisotopic (exact) mass is 290 g/mol. The van der Waals surface area contributed by atoms with Crippen molar-refractivity contribution in [2.24, 2.45) is 0 Å². The summed E-state index contributed by atoms with van der Waals surface area (Å²) in [5, 5.41) is 3.37. The van der Waals surface area contributed by atoms with Gasteiger partial charge in [0.2, 0.25) is 0 Å². The molecule has 0 spiro atoms. The molecule has 0 radical (unpaired) electrons. The molecule has 1 fully saturated rings. The molecule has 1 aliphatic rings. The largest absolute Gasteiger partial charge is 0.358 e. The van der Waals surface area contributed by atoms with Crippen molar-refractivity contribution in [3.8, 4) is 0 Å². The number of anilines is 1. The van der Waals surface area contributed by atoms with E-state index in [1.165, 1.54) is 24.9 Å². The lowest BCUT2D eigenvalue weighted by Gasteiger charge is -2.28. The van der Waals surface area contributed by atoms with Gasteiger partial charge in [0, 0.05) is 31.9 Å². The van der Waals surface area contributed by atoms with Crippen molar-refractivity contribution < 1.29 is 0 Å². The summed E-state index contributed by atoms with van der Waals surface area (Å²) in [7, 11) is 2.16. The van der Waals surface area contributed by atoms with E-state index in [1.807, 2.05) is 0 Å². The Morgan fingerprint density at radius 3 is 2.86 bits per heavy atom. The number of rotatable bonds is 7. The molecule has 0 amide bonds. The molecule has 0 bridgehead atoms. The van der Waals surface area contributed by atoms with E-state index in [4.69, 9.17) is 4.98 Å². The van der Waals surface area contributed by atoms with Crippen molar-refractivity contribution in [3.05, 3.63) is 23.4 Å². The Morgan fingerprint density at radius 1 is 1.38 bits per heavy atom. The molecule has 1 N–H and O–H groups in total. The van der Waals surface area contributed by atoms with Crippen LogP contribution in [0.3, 0.4) is 0 Å². The molecule has 0 aliphatic carbocycles. The van der Waals surface area contributed by atoms with Crippen LogP contribution in [-0.4, -0.2) is 49.2 Å². The maximum atomic E-state index is 4.79. The standard InChI is InChI=1S/C17H30N4/c1-5-18-12-15-9-10-17(19-14(15)3)20(4)13-16-8-7-11-21(16)6-2/h9-10,16,18H,5-8,11-13H2,1-4H3. The van der Waals surface area contributed by atoms with Crippen LogP contribution in [0.1, 0.15) is 37.9 Å². The predicted molar refractivity (Wildman–Crippen MR) is 89.9 cm³/mol. The molecular weight excluding hydrogens is 260 g/mol. The molecule has 0 saturated carbocycles. The highest BCUT2D eigenvalue weighted by Crippen LogP contribution is 2.20. The maximum absolute atomic E-state index is 4.79. The molecule has 21 heavy (non-hydrogen) atoms. The van der Waals surface area contributed by atoms with Crippen LogP contribution in [-0.2, 0) is 6.54 Å². The molecule has 1 atom stereocenters. The number of hydrogen-bond donors (Lipinski definition) is 1. The number of nitrogens with zero attached hydrogens (tertiary/aromatic N) is 3. The molecular formula is C17H30N4. The smallest absolute Gasteiger partial charge is 0.128 e. The molecule has 4 nitrogen and oxygen atoms in total. The van der Waals surface area contributed by atoms with E-state index in [2.05, 4.69) is 55.1 Å². The number of hydrogen-bond acceptors (Lipinski definition) is 4. The van der Waals surface area contributed by atoms with E-state index >= 15 is 0 Å². The molecule has 2 rings (SSSR count). The summed E-state index contributed by atoms with van der Waals surface area (Å²) in [6.45, 7) is 11.9. The van der Waals surface area contributed by atoms with Crippen LogP contribution in [0, 0.1) is 6.92 Å². The minimum Gasteiger partial charge on any atom is -0.358 e. The maximum Gasteiger partial charge on any atom is 0.128 e. The van der Waals surface area contributed by atoms with E-state index < -0.39 is 0 Å². The summed E-state index contributed by atoms with van der Waals surface area (Å²) in [4.78, 5) is 9.68. The van der Waals surface area contributed by atoms with Crippen molar-refractivity contribution in [2.75, 3.05) is 38.1 Å². The van der Waals surface area contributed by atoms with Crippen LogP contribution in [0.25, 0.3) is 0 Å². The summed E-state index contributed by atoms with van der Waals surface area (Å²) in [5.41, 5.74) is 2.43. The molecule has 1 saturated heterocycles. The number of nitrogens with one attached hydrogen (secondary N) is 1. The van der Waals surface area contributed by atoms with Gasteiger partial charge in [-0.2, -0.15) is 0 Å². The second-order valence-corrected chi connectivity index (χ2v) is 6.00. The van der Waals surface area contributed by atoms with Gasteiger partial charge in [-0.3, -0.25) is 4.90 Å². The normalized spacial score (nSPS) is 19.1. The average Bonchev–Trinajstić information content (AvgIpc) is 2.93. The van der Waals surface area contributed by atoms with Crippen molar-refractivity contribution in [1.82, 2.24) is 15.2 Å². The predicted octanol–water partition coefficient (Wildman–Crippen LogP) is 2.42. The van der Waals surface area contributed by atoms with Gasteiger partial charge in [-0.1, -0.05) is 19.9 Å². The second-order valence-electron chi connectivity index (χ2n) is 6.00. The summed E-state index contributed by atoms with van der Waals surface area (Å²) in [6, 6.07) is 5.05. The topological polar surface area (TPSA) is 31.4 Å². The zero-order valence-corrected chi connectivity index (χ0v) is 14.0. The quantitative estimate of drug-likeness (QED) is 0.836. The van der Waals surface area contributed by atoms with Gasteiger partial charge >= 0.3 is 0 Å². The molecule has 2 heterocycles. The Morgan fingerprint density at radius 2 is 2.19 bits per heavy atom. The van der Waals surface area contributed by atoms with Crippen LogP contribution in [0.4, 0.5) is 5.82 Å². The lowest BCUT2D eigenvalue weighted by atomic mass is 10.2. The van der Waals surface area contributed by atoms with Gasteiger partial charge in [-0.25, -0.2) is 4.98 Å². The molecule has 118 valence electrons. The highest BCUT2D eigenvalue weighted by molar-refractivity contribution is 5.41. The Hall–Kier alpha value is -1.13. The SMILES string of the molecule is CCNCc1ccc(N(C)CC2CCCN2CC)nc1C. The van der Waals surface area contributed by atoms with Gasteiger partial charge in [-0.15, -0.1) is 0 Å². The number of likely N-dealkylation sites (N-methyl/N-ethyl adjacent to an activating group) is 2. The van der Waals surface area contributed by atoms with Crippen LogP contribution >= 0.6 is 0 Å². The molecule has 1 unspecified atom stereocenters. The lowest BCUT2D eigenvalue weighted by molar-refractivity contribution is 0.270. The first kappa shape index (κ1) is 16.2. The van der Waals surface area contributed by atoms with Crippen molar-refractivity contribution in [1.29, 1.82) is 0 Å². The van der Waals surface area contributed by atoms with Gasteiger partial charge in [0.1, 0.15) is 5.82 Å². The van der Waals surface area contributed by atoms with E-state index in [9.17, 15) is 0 Å². The van der Waals surface area contributed by atoms with E-state index in [-0.39, 0.29) is 0 Å². The number of aromatic nitrogens is 1. The minimum absolute atomic E-state index is 0.684. The zero-order chi connectivity index (χ0) is 15.2. The first-order valence-electron chi connectivity index (χ1n) is 8.28. The second kappa shape index (κ2) is 7.76. The fraction of sp³-hybridized carbons (Fsp3) is 0.706. The number of aryl methyl sites for hydroxylation is 1. The lowest BCUT2D eigenvalue weighted by Crippen LogP contribution is -2.39. The van der Waals surface area contributed by atoms with Crippen LogP contribution < -0.4 is 10.2 Å². The first-order chi connectivity index (χ1) is 10.2. The van der Waals surface area contributed by atoms with Gasteiger partial charge in [0.25, 0.3) is 0 Å². The summed E-state index contributed by atoms with van der Waals surface area (Å²) >= 11 is 0. The fourth-order valence-corrected chi connectivity index (χ4v) is 3.16. The van der Waals surface area contributed by atoms with Gasteiger partial charge in [-0.05, 0) is 51.0 Å². The molecule has 1 aromatic rings. The Balaban J connectivity index is 1.99. The average molecular weight is 290 g/mol. The van der Waals surface area contributed by atoms with Gasteiger partial charge in [0.05, 0.1) is 0 Å². The Labute approximate surface area is 129 Å². The summed E-state index contributed by atoms with van der Waals surface area (Å²) in [6.07, 6.45) is 2.65. The van der Waals surface area contributed by atoms with Crippen molar-refractivity contribution in [3.63, 3.8) is 0 Å². The number of pyridine rings is 1. The minimum atomic E-state index is 0.684. The van der Waals surface area contributed by atoms with Crippen LogP contribution in [0.2, 0.25) is 0 Å². The first-order valence-corrected chi connectivity index (χ1v) is 8.28. The van der Waals surface area contributed by atoms with Crippen molar-refractivity contribution >= 4 is 5.82 Å². The molecule has 1 aromatic heterocycles. The van der Waals surface area contributed by atoms with Crippen molar-refractivity contribution in [2.45, 2.75) is 46.2 Å². The van der Waals surface area contributed by atoms with Crippen LogP contribution in [0.5, 0.6) is 0 Å². The molecule has 0 aromatic carbocycles. The third kappa shape index (κ3) is 4.17. The van der Waals surface area contributed by atoms with E-state index in [0.717, 1.165) is 37.7 Å². The van der Waals surface area contributed by atoms with Gasteiger partial charge in [0.15, 0.2) is 0 Å². The highest BCUT2D eigenvalue weighted by atomic mass is 15.2. The van der Waals surface area contributed by atoms with E-state index in [0.29, 0.717) is 6.04 Å². The summed E-state index contributed by atoms with van der Waals surface area (Å²) in [5.74, 6) is 1.09. The third-order valence-electron chi connectivity index (χ3n) is 4.53. The Kier molecular flexibility index (Phi) is 6.00. The van der Waals surface area contributed by atoms with Gasteiger partial charge < -0.3 is 10.2 Å². The van der Waals surface area contributed by atoms with E-state index in [1.54, 1.807) is 0 Å². The zero-order valence-electron chi connectivity index (χ0n) is 14.0.